The van der Waals surface area contributed by atoms with Gasteiger partial charge in [0, 0.05) is 5.57 Å². The van der Waals surface area contributed by atoms with Crippen LogP contribution in [0.25, 0.3) is 0 Å². The summed E-state index contributed by atoms with van der Waals surface area (Å²) in [5.41, 5.74) is 6.11. The van der Waals surface area contributed by atoms with Gasteiger partial charge in [-0.1, -0.05) is 71.4 Å². The van der Waals surface area contributed by atoms with Crippen LogP contribution >= 0.6 is 0 Å². The van der Waals surface area contributed by atoms with E-state index in [0.29, 0.717) is 25.4 Å². The van der Waals surface area contributed by atoms with E-state index < -0.39 is 0 Å². The number of rotatable bonds is 15. The second-order valence-electron chi connectivity index (χ2n) is 8.38. The van der Waals surface area contributed by atoms with Crippen molar-refractivity contribution in [1.29, 1.82) is 0 Å². The minimum absolute atomic E-state index is 0.209. The Bertz CT molecular complexity index is 782. The number of esters is 1. The zero-order valence-corrected chi connectivity index (χ0v) is 20.8. The first kappa shape index (κ1) is 27.6. The summed E-state index contributed by atoms with van der Waals surface area (Å²) in [6, 6.07) is 10.3. The van der Waals surface area contributed by atoms with Crippen LogP contribution in [-0.4, -0.2) is 19.2 Å². The number of carbonyl (C=O) groups is 1. The average Bonchev–Trinajstić information content (AvgIpc) is 2.77. The normalized spacial score (nSPS) is 13.4. The molecule has 0 amide bonds. The molecule has 0 saturated heterocycles. The average molecular weight is 439 g/mol. The van der Waals surface area contributed by atoms with E-state index in [9.17, 15) is 4.79 Å². The van der Waals surface area contributed by atoms with E-state index >= 15 is 0 Å². The molecule has 0 aliphatic carbocycles. The number of allylic oxidation sites excluding steroid dienone is 6. The summed E-state index contributed by atoms with van der Waals surface area (Å²) >= 11 is 0. The molecule has 1 rings (SSSR count). The highest BCUT2D eigenvalue weighted by molar-refractivity contribution is 5.87. The maximum atomic E-state index is 11.6. The molecular formula is C29H42O3. The smallest absolute Gasteiger partial charge is 0.333 e. The SMILES string of the molecule is CCOC(=O)/C(C)=C/CC/C(C)=C/CC/C(C)=C/CC/C(C)=C/COCc1ccccc1. The summed E-state index contributed by atoms with van der Waals surface area (Å²) < 4.78 is 10.7. The maximum absolute atomic E-state index is 11.6. The van der Waals surface area contributed by atoms with E-state index in [-0.39, 0.29) is 5.97 Å². The predicted octanol–water partition coefficient (Wildman–Crippen LogP) is 7.89. The lowest BCUT2D eigenvalue weighted by Gasteiger charge is -2.04. The van der Waals surface area contributed by atoms with Crippen molar-refractivity contribution in [3.05, 3.63) is 82.5 Å². The van der Waals surface area contributed by atoms with Crippen molar-refractivity contribution < 1.29 is 14.3 Å². The van der Waals surface area contributed by atoms with Crippen LogP contribution in [0.4, 0.5) is 0 Å². The molecule has 0 fully saturated rings. The van der Waals surface area contributed by atoms with E-state index in [1.165, 1.54) is 22.3 Å². The number of ether oxygens (including phenoxy) is 2. The van der Waals surface area contributed by atoms with Gasteiger partial charge in [-0.05, 0) is 78.7 Å². The molecule has 0 N–H and O–H groups in total. The molecule has 0 saturated carbocycles. The van der Waals surface area contributed by atoms with E-state index in [1.54, 1.807) is 0 Å². The highest BCUT2D eigenvalue weighted by atomic mass is 16.5. The molecule has 0 aliphatic heterocycles. The first-order valence-corrected chi connectivity index (χ1v) is 11.8. The summed E-state index contributed by atoms with van der Waals surface area (Å²) in [4.78, 5) is 11.6. The third-order valence-electron chi connectivity index (χ3n) is 5.31. The molecule has 0 atom stereocenters. The van der Waals surface area contributed by atoms with Crippen molar-refractivity contribution >= 4 is 5.97 Å². The second-order valence-corrected chi connectivity index (χ2v) is 8.38. The fourth-order valence-corrected chi connectivity index (χ4v) is 3.20. The van der Waals surface area contributed by atoms with Crippen LogP contribution in [0.1, 0.15) is 78.7 Å². The van der Waals surface area contributed by atoms with E-state index in [4.69, 9.17) is 9.47 Å². The Kier molecular flexibility index (Phi) is 14.9. The predicted molar refractivity (Wildman–Crippen MR) is 135 cm³/mol. The van der Waals surface area contributed by atoms with Crippen LogP contribution < -0.4 is 0 Å². The van der Waals surface area contributed by atoms with Gasteiger partial charge in [0.05, 0.1) is 19.8 Å². The van der Waals surface area contributed by atoms with Crippen LogP contribution in [0.5, 0.6) is 0 Å². The Morgan fingerprint density at radius 2 is 1.31 bits per heavy atom. The summed E-state index contributed by atoms with van der Waals surface area (Å²) in [5.74, 6) is -0.209. The van der Waals surface area contributed by atoms with Crippen LogP contribution in [0.2, 0.25) is 0 Å². The lowest BCUT2D eigenvalue weighted by Crippen LogP contribution is -2.04. The largest absolute Gasteiger partial charge is 0.463 e. The van der Waals surface area contributed by atoms with Crippen molar-refractivity contribution in [3.63, 3.8) is 0 Å². The number of benzene rings is 1. The maximum Gasteiger partial charge on any atom is 0.333 e. The fourth-order valence-electron chi connectivity index (χ4n) is 3.20. The molecule has 0 aromatic heterocycles. The van der Waals surface area contributed by atoms with Gasteiger partial charge >= 0.3 is 5.97 Å². The molecule has 0 aliphatic rings. The fraction of sp³-hybridized carbons (Fsp3) is 0.483. The van der Waals surface area contributed by atoms with Gasteiger partial charge < -0.3 is 9.47 Å². The van der Waals surface area contributed by atoms with Crippen molar-refractivity contribution in [2.45, 2.75) is 79.8 Å². The number of hydrogen-bond acceptors (Lipinski definition) is 3. The molecule has 1 aromatic rings. The monoisotopic (exact) mass is 438 g/mol. The Balaban J connectivity index is 2.20. The number of hydrogen-bond donors (Lipinski definition) is 0. The topological polar surface area (TPSA) is 35.5 Å². The van der Waals surface area contributed by atoms with Gasteiger partial charge in [0.15, 0.2) is 0 Å². The van der Waals surface area contributed by atoms with Gasteiger partial charge in [-0.15, -0.1) is 0 Å². The molecule has 0 spiro atoms. The van der Waals surface area contributed by atoms with Crippen LogP contribution in [0, 0.1) is 0 Å². The first-order valence-electron chi connectivity index (χ1n) is 11.8. The molecule has 0 bridgehead atoms. The molecule has 0 heterocycles. The quantitative estimate of drug-likeness (QED) is 0.121. The highest BCUT2D eigenvalue weighted by Crippen LogP contribution is 2.14. The summed E-state index contributed by atoms with van der Waals surface area (Å²) in [7, 11) is 0. The number of carbonyl (C=O) groups excluding carboxylic acids is 1. The van der Waals surface area contributed by atoms with Crippen LogP contribution in [0.15, 0.2) is 76.9 Å². The molecule has 3 nitrogen and oxygen atoms in total. The van der Waals surface area contributed by atoms with Crippen molar-refractivity contribution in [3.8, 4) is 0 Å². The molecule has 0 radical (unpaired) electrons. The van der Waals surface area contributed by atoms with E-state index in [1.807, 2.05) is 38.1 Å². The zero-order valence-electron chi connectivity index (χ0n) is 20.8. The lowest BCUT2D eigenvalue weighted by molar-refractivity contribution is -0.138. The van der Waals surface area contributed by atoms with Gasteiger partial charge in [-0.3, -0.25) is 0 Å². The zero-order chi connectivity index (χ0) is 23.6. The van der Waals surface area contributed by atoms with Crippen molar-refractivity contribution in [2.75, 3.05) is 13.2 Å². The van der Waals surface area contributed by atoms with E-state index in [0.717, 1.165) is 38.5 Å². The standard InChI is InChI=1S/C29H42O3/c1-6-32-29(30)27(5)18-12-17-25(3)14-10-13-24(2)15-11-16-26(4)21-22-31-23-28-19-8-7-9-20-28/h7-9,14-15,18-21H,6,10-13,16-17,22-23H2,1-5H3/b24-15+,25-14+,26-21+,27-18+. The van der Waals surface area contributed by atoms with Crippen LogP contribution in [0.3, 0.4) is 0 Å². The summed E-state index contributed by atoms with van der Waals surface area (Å²) in [5, 5.41) is 0. The molecular weight excluding hydrogens is 396 g/mol. The summed E-state index contributed by atoms with van der Waals surface area (Å²) in [6.07, 6.45) is 15.0. The lowest BCUT2D eigenvalue weighted by atomic mass is 10.0. The van der Waals surface area contributed by atoms with Crippen molar-refractivity contribution in [2.24, 2.45) is 0 Å². The van der Waals surface area contributed by atoms with Crippen molar-refractivity contribution in [1.82, 2.24) is 0 Å². The Hall–Kier alpha value is -2.39. The second kappa shape index (κ2) is 17.2. The van der Waals surface area contributed by atoms with Gasteiger partial charge in [-0.25, -0.2) is 4.79 Å². The van der Waals surface area contributed by atoms with Gasteiger partial charge in [0.2, 0.25) is 0 Å². The van der Waals surface area contributed by atoms with Crippen LogP contribution in [-0.2, 0) is 20.9 Å². The Labute approximate surface area is 195 Å². The molecule has 0 unspecified atom stereocenters. The Morgan fingerprint density at radius 3 is 1.88 bits per heavy atom. The highest BCUT2D eigenvalue weighted by Gasteiger charge is 2.03. The summed E-state index contributed by atoms with van der Waals surface area (Å²) in [6.45, 7) is 12.0. The Morgan fingerprint density at radius 1 is 0.781 bits per heavy atom. The van der Waals surface area contributed by atoms with Gasteiger partial charge in [0.1, 0.15) is 0 Å². The van der Waals surface area contributed by atoms with Gasteiger partial charge in [0.25, 0.3) is 0 Å². The molecule has 32 heavy (non-hydrogen) atoms. The molecule has 176 valence electrons. The molecule has 1 aromatic carbocycles. The molecule has 3 heteroatoms. The minimum Gasteiger partial charge on any atom is -0.463 e. The first-order chi connectivity index (χ1) is 15.4. The van der Waals surface area contributed by atoms with Gasteiger partial charge in [-0.2, -0.15) is 0 Å². The minimum atomic E-state index is -0.209. The van der Waals surface area contributed by atoms with E-state index in [2.05, 4.69) is 51.1 Å². The third-order valence-corrected chi connectivity index (χ3v) is 5.31. The third kappa shape index (κ3) is 13.8.